The molecule has 1 amide bonds. The molecule has 0 saturated carbocycles. The van der Waals surface area contributed by atoms with Crippen molar-refractivity contribution in [1.82, 2.24) is 5.32 Å². The molecule has 0 saturated heterocycles. The fourth-order valence-electron chi connectivity index (χ4n) is 2.51. The van der Waals surface area contributed by atoms with Crippen LogP contribution in [0.4, 0.5) is 25.1 Å². The minimum Gasteiger partial charge on any atom is -0.393 e. The Morgan fingerprint density at radius 3 is 2.16 bits per heavy atom. The summed E-state index contributed by atoms with van der Waals surface area (Å²) >= 11 is 0. The number of aliphatic hydroxyl groups is 2. The van der Waals surface area contributed by atoms with Crippen LogP contribution in [0, 0.1) is 5.41 Å². The summed E-state index contributed by atoms with van der Waals surface area (Å²) in [5, 5.41) is 32.4. The van der Waals surface area contributed by atoms with Crippen molar-refractivity contribution in [1.29, 1.82) is 5.41 Å². The van der Waals surface area contributed by atoms with Gasteiger partial charge in [0, 0.05) is 18.3 Å². The van der Waals surface area contributed by atoms with Crippen molar-refractivity contribution in [2.45, 2.75) is 11.0 Å². The summed E-state index contributed by atoms with van der Waals surface area (Å²) in [6, 6.07) is 8.93. The Hall–Kier alpha value is -2.96. The van der Waals surface area contributed by atoms with Crippen LogP contribution in [0.5, 0.6) is 0 Å². The van der Waals surface area contributed by atoms with Crippen LogP contribution in [0.2, 0.25) is 0 Å². The zero-order valence-corrected chi connectivity index (χ0v) is 17.8. The highest BCUT2D eigenvalue weighted by molar-refractivity contribution is 8.45. The minimum atomic E-state index is -9.43. The molecule has 2 rings (SSSR count). The Morgan fingerprint density at radius 1 is 1.12 bits per heavy atom. The van der Waals surface area contributed by atoms with Gasteiger partial charge >= 0.3 is 10.2 Å². The molecule has 1 unspecified atom stereocenters. The Bertz CT molecular complexity index is 970. The summed E-state index contributed by atoms with van der Waals surface area (Å²) in [6.07, 6.45) is 0.0505. The lowest BCUT2D eigenvalue weighted by molar-refractivity contribution is -0.116. The van der Waals surface area contributed by atoms with Crippen molar-refractivity contribution in [3.63, 3.8) is 0 Å². The first-order chi connectivity index (χ1) is 14.6. The third-order valence-electron chi connectivity index (χ3n) is 4.01. The van der Waals surface area contributed by atoms with E-state index in [9.17, 15) is 29.3 Å². The van der Waals surface area contributed by atoms with Gasteiger partial charge in [0.05, 0.1) is 18.9 Å². The van der Waals surface area contributed by atoms with Crippen molar-refractivity contribution in [3.05, 3.63) is 72.3 Å². The summed E-state index contributed by atoms with van der Waals surface area (Å²) in [5.74, 6) is -0.374. The molecular formula is C20H24F5N3O3S. The van der Waals surface area contributed by atoms with Gasteiger partial charge in [0.25, 0.3) is 0 Å². The van der Waals surface area contributed by atoms with E-state index in [1.807, 2.05) is 0 Å². The van der Waals surface area contributed by atoms with E-state index in [1.54, 1.807) is 25.2 Å². The van der Waals surface area contributed by atoms with Crippen LogP contribution in [-0.2, 0) is 4.79 Å². The molecule has 1 atom stereocenters. The van der Waals surface area contributed by atoms with Crippen molar-refractivity contribution in [3.8, 4) is 0 Å². The van der Waals surface area contributed by atoms with Crippen molar-refractivity contribution in [2.24, 2.45) is 0 Å². The van der Waals surface area contributed by atoms with Gasteiger partial charge in [-0.2, -0.15) is 0 Å². The van der Waals surface area contributed by atoms with E-state index in [2.05, 4.69) is 17.2 Å². The highest BCUT2D eigenvalue weighted by Gasteiger charge is 2.65. The predicted octanol–water partition coefficient (Wildman–Crippen LogP) is 4.77. The van der Waals surface area contributed by atoms with Crippen LogP contribution in [0.1, 0.15) is 17.2 Å². The molecule has 2 aromatic carbocycles. The van der Waals surface area contributed by atoms with E-state index in [0.29, 0.717) is 28.9 Å². The Labute approximate surface area is 182 Å². The maximum absolute atomic E-state index is 11.9. The molecule has 0 bridgehead atoms. The number of amides is 1. The van der Waals surface area contributed by atoms with E-state index < -0.39 is 27.8 Å². The zero-order valence-electron chi connectivity index (χ0n) is 17.0. The fraction of sp³-hybridized carbons (Fsp3) is 0.200. The molecule has 178 valence electrons. The molecule has 0 heterocycles. The molecule has 0 aliphatic heterocycles. The number of hydrogen-bond donors (Lipinski definition) is 5. The molecule has 0 aliphatic rings. The second-order valence-electron chi connectivity index (χ2n) is 6.40. The van der Waals surface area contributed by atoms with Crippen LogP contribution >= 0.6 is 10.2 Å². The van der Waals surface area contributed by atoms with Crippen LogP contribution in [-0.4, -0.2) is 42.0 Å². The van der Waals surface area contributed by atoms with Gasteiger partial charge in [0.2, 0.25) is 5.91 Å². The molecule has 2 aromatic rings. The quantitative estimate of drug-likeness (QED) is 0.213. The largest absolute Gasteiger partial charge is 0.393 e. The maximum atomic E-state index is 11.9. The first-order valence-corrected chi connectivity index (χ1v) is 11.0. The Balaban J connectivity index is 0.000000363. The number of nitrogens with one attached hydrogen (secondary N) is 3. The van der Waals surface area contributed by atoms with E-state index in [0.717, 1.165) is 18.2 Å². The number of rotatable bonds is 8. The molecule has 0 aliphatic carbocycles. The van der Waals surface area contributed by atoms with E-state index in [-0.39, 0.29) is 18.2 Å². The van der Waals surface area contributed by atoms with Gasteiger partial charge in [-0.1, -0.05) is 56.3 Å². The summed E-state index contributed by atoms with van der Waals surface area (Å²) < 4.78 is 59.7. The summed E-state index contributed by atoms with van der Waals surface area (Å²) in [7, 11) is -7.73. The molecular weight excluding hydrogens is 457 g/mol. The molecule has 6 nitrogen and oxygen atoms in total. The number of benzene rings is 2. The number of halogens is 5. The van der Waals surface area contributed by atoms with Crippen LogP contribution in [0.15, 0.2) is 66.1 Å². The van der Waals surface area contributed by atoms with Crippen LogP contribution in [0.25, 0.3) is 0 Å². The van der Waals surface area contributed by atoms with E-state index in [1.165, 1.54) is 6.07 Å². The highest BCUT2D eigenvalue weighted by Crippen LogP contribution is 3.02. The topological polar surface area (TPSA) is 105 Å². The lowest BCUT2D eigenvalue weighted by atomic mass is 9.96. The normalized spacial score (nSPS) is 14.0. The SMILES string of the molecule is C=CC(=O)NCC(=N)c1c(NC)cccc1C(O)CO.FS(F)(F)(F)(F)c1ccccc1. The van der Waals surface area contributed by atoms with Crippen molar-refractivity contribution < 1.29 is 34.4 Å². The second-order valence-corrected chi connectivity index (χ2v) is 8.81. The van der Waals surface area contributed by atoms with Gasteiger partial charge in [0.15, 0.2) is 0 Å². The maximum Gasteiger partial charge on any atom is 0.310 e. The van der Waals surface area contributed by atoms with Gasteiger partial charge in [-0.05, 0) is 29.8 Å². The zero-order chi connectivity index (χ0) is 24.6. The lowest BCUT2D eigenvalue weighted by Gasteiger charge is -2.40. The molecule has 0 fully saturated rings. The van der Waals surface area contributed by atoms with Crippen LogP contribution < -0.4 is 10.6 Å². The number of carbonyl (C=O) groups is 1. The third kappa shape index (κ3) is 7.94. The van der Waals surface area contributed by atoms with Gasteiger partial charge in [-0.25, -0.2) is 0 Å². The first kappa shape index (κ1) is 27.1. The average Bonchev–Trinajstić information content (AvgIpc) is 2.75. The summed E-state index contributed by atoms with van der Waals surface area (Å²) in [5.41, 5.74) is 1.69. The van der Waals surface area contributed by atoms with Crippen LogP contribution in [0.3, 0.4) is 0 Å². The minimum absolute atomic E-state index is 0.00863. The molecule has 12 heteroatoms. The van der Waals surface area contributed by atoms with Gasteiger partial charge < -0.3 is 26.3 Å². The fourth-order valence-corrected chi connectivity index (χ4v) is 3.18. The van der Waals surface area contributed by atoms with E-state index >= 15 is 0 Å². The highest BCUT2D eigenvalue weighted by atomic mass is 32.5. The molecule has 0 aromatic heterocycles. The predicted molar refractivity (Wildman–Crippen MR) is 116 cm³/mol. The molecule has 5 N–H and O–H groups in total. The van der Waals surface area contributed by atoms with Gasteiger partial charge in [0.1, 0.15) is 11.0 Å². The number of aliphatic hydroxyl groups excluding tert-OH is 2. The van der Waals surface area contributed by atoms with Gasteiger partial charge in [-0.3, -0.25) is 4.79 Å². The summed E-state index contributed by atoms with van der Waals surface area (Å²) in [4.78, 5) is 9.30. The van der Waals surface area contributed by atoms with Crippen molar-refractivity contribution in [2.75, 3.05) is 25.5 Å². The third-order valence-corrected chi connectivity index (χ3v) is 5.18. The second kappa shape index (κ2) is 9.67. The summed E-state index contributed by atoms with van der Waals surface area (Å²) in [6.45, 7) is 2.91. The van der Waals surface area contributed by atoms with Gasteiger partial charge in [-0.15, -0.1) is 0 Å². The van der Waals surface area contributed by atoms with E-state index in [4.69, 9.17) is 10.5 Å². The monoisotopic (exact) mass is 481 g/mol. The molecule has 0 spiro atoms. The average molecular weight is 481 g/mol. The Kier molecular flexibility index (Phi) is 8.18. The molecule has 32 heavy (non-hydrogen) atoms. The van der Waals surface area contributed by atoms with Crippen molar-refractivity contribution >= 4 is 27.5 Å². The number of anilines is 1. The Morgan fingerprint density at radius 2 is 1.72 bits per heavy atom. The first-order valence-electron chi connectivity index (χ1n) is 9.01. The lowest BCUT2D eigenvalue weighted by Crippen LogP contribution is -2.29. The smallest absolute Gasteiger partial charge is 0.310 e. The number of carbonyl (C=O) groups excluding carboxylic acids is 1. The molecule has 0 radical (unpaired) electrons. The number of hydrogen-bond acceptors (Lipinski definition) is 5. The standard InChI is InChI=1S/C14H19N3O3.C6H5F5S/c1-3-13(20)17-7-10(15)14-9(12(19)8-18)5-4-6-11(14)16-2;7-12(8,9,10,11)6-4-2-1-3-5-6/h3-6,12,15-16,18-19H,1,7-8H2,2H3,(H,17,20);1-5H.